The van der Waals surface area contributed by atoms with E-state index in [1.54, 1.807) is 54.6 Å². The first-order valence-electron chi connectivity index (χ1n) is 9.93. The van der Waals surface area contributed by atoms with Crippen molar-refractivity contribution in [2.24, 2.45) is 5.10 Å². The molecule has 0 aliphatic heterocycles. The van der Waals surface area contributed by atoms with Crippen molar-refractivity contribution in [1.29, 1.82) is 0 Å². The first-order chi connectivity index (χ1) is 16.4. The predicted octanol–water partition coefficient (Wildman–Crippen LogP) is 3.81. The lowest BCUT2D eigenvalue weighted by atomic mass is 10.1. The average molecular weight is 525 g/mol. The molecular weight excluding hydrogens is 504 g/mol. The van der Waals surface area contributed by atoms with Crippen LogP contribution in [0.4, 0.5) is 11.4 Å². The van der Waals surface area contributed by atoms with Crippen molar-refractivity contribution >= 4 is 51.2 Å². The molecule has 3 aromatic carbocycles. The molecule has 0 aliphatic rings. The van der Waals surface area contributed by atoms with Gasteiger partial charge in [0.25, 0.3) is 5.91 Å². The second kappa shape index (κ2) is 11.6. The van der Waals surface area contributed by atoms with Crippen LogP contribution in [0.5, 0.6) is 11.5 Å². The summed E-state index contributed by atoms with van der Waals surface area (Å²) in [6.07, 6.45) is 1.35. The van der Waals surface area contributed by atoms with E-state index in [0.29, 0.717) is 22.7 Å². The number of benzene rings is 3. The van der Waals surface area contributed by atoms with Gasteiger partial charge in [-0.2, -0.15) is 5.10 Å². The first kappa shape index (κ1) is 24.5. The number of methoxy groups -OCH3 is 2. The Morgan fingerprint density at radius 3 is 2.26 bits per heavy atom. The molecule has 0 aromatic heterocycles. The van der Waals surface area contributed by atoms with E-state index in [2.05, 4.69) is 37.1 Å². The molecule has 0 atom stereocenters. The third-order valence-corrected chi connectivity index (χ3v) is 5.04. The number of hydrazone groups is 1. The molecule has 0 fully saturated rings. The van der Waals surface area contributed by atoms with E-state index in [-0.39, 0.29) is 11.3 Å². The highest BCUT2D eigenvalue weighted by atomic mass is 79.9. The molecule has 3 N–H and O–H groups in total. The molecule has 0 unspecified atom stereocenters. The Morgan fingerprint density at radius 1 is 0.853 bits per heavy atom. The van der Waals surface area contributed by atoms with Crippen LogP contribution >= 0.6 is 15.9 Å². The Labute approximate surface area is 204 Å². The van der Waals surface area contributed by atoms with E-state index >= 15 is 0 Å². The number of hydrogen-bond acceptors (Lipinski definition) is 6. The number of ether oxygens (including phenoxy) is 2. The van der Waals surface area contributed by atoms with Gasteiger partial charge in [-0.3, -0.25) is 14.4 Å². The number of anilines is 2. The number of para-hydroxylation sites is 1. The summed E-state index contributed by atoms with van der Waals surface area (Å²) >= 11 is 3.33. The summed E-state index contributed by atoms with van der Waals surface area (Å²) in [5.74, 6) is -1.38. The van der Waals surface area contributed by atoms with Crippen LogP contribution in [0.25, 0.3) is 0 Å². The fourth-order valence-corrected chi connectivity index (χ4v) is 3.11. The molecule has 0 aliphatic carbocycles. The van der Waals surface area contributed by atoms with Crippen molar-refractivity contribution in [3.8, 4) is 11.5 Å². The van der Waals surface area contributed by atoms with Gasteiger partial charge >= 0.3 is 11.8 Å². The van der Waals surface area contributed by atoms with Crippen LogP contribution < -0.4 is 25.5 Å². The van der Waals surface area contributed by atoms with Crippen molar-refractivity contribution < 1.29 is 23.9 Å². The summed E-state index contributed by atoms with van der Waals surface area (Å²) in [7, 11) is 3.02. The summed E-state index contributed by atoms with van der Waals surface area (Å²) in [4.78, 5) is 37.2. The normalized spacial score (nSPS) is 10.4. The summed E-state index contributed by atoms with van der Waals surface area (Å²) in [6, 6.07) is 18.4. The smallest absolute Gasteiger partial charge is 0.329 e. The molecule has 0 radical (unpaired) electrons. The minimum atomic E-state index is -1.00. The topological polar surface area (TPSA) is 118 Å². The molecule has 3 rings (SSSR count). The predicted molar refractivity (Wildman–Crippen MR) is 132 cm³/mol. The molecule has 10 heteroatoms. The number of hydrogen-bond donors (Lipinski definition) is 3. The first-order valence-corrected chi connectivity index (χ1v) is 10.7. The van der Waals surface area contributed by atoms with Crippen LogP contribution in [0.15, 0.2) is 76.3 Å². The summed E-state index contributed by atoms with van der Waals surface area (Å²) < 4.78 is 11.2. The average Bonchev–Trinajstić information content (AvgIpc) is 2.85. The van der Waals surface area contributed by atoms with E-state index in [1.165, 1.54) is 32.6 Å². The lowest BCUT2D eigenvalue weighted by molar-refractivity contribution is -0.136. The molecule has 3 aromatic rings. The van der Waals surface area contributed by atoms with Crippen LogP contribution in [-0.2, 0) is 9.59 Å². The number of halogens is 1. The Balaban J connectivity index is 1.63. The van der Waals surface area contributed by atoms with Crippen molar-refractivity contribution in [3.63, 3.8) is 0 Å². The summed E-state index contributed by atoms with van der Waals surface area (Å²) in [5, 5.41) is 8.97. The summed E-state index contributed by atoms with van der Waals surface area (Å²) in [6.45, 7) is 0. The Morgan fingerprint density at radius 2 is 1.56 bits per heavy atom. The molecule has 0 saturated carbocycles. The van der Waals surface area contributed by atoms with Gasteiger partial charge in [0.2, 0.25) is 0 Å². The largest absolute Gasteiger partial charge is 0.493 e. The van der Waals surface area contributed by atoms with Gasteiger partial charge in [0, 0.05) is 10.2 Å². The Hall–Kier alpha value is -4.18. The van der Waals surface area contributed by atoms with Gasteiger partial charge in [0.15, 0.2) is 11.5 Å². The Kier molecular flexibility index (Phi) is 8.36. The molecule has 3 amide bonds. The fourth-order valence-electron chi connectivity index (χ4n) is 2.85. The van der Waals surface area contributed by atoms with Gasteiger partial charge in [0.1, 0.15) is 0 Å². The number of nitrogens with zero attached hydrogens (tertiary/aromatic N) is 1. The minimum Gasteiger partial charge on any atom is -0.493 e. The van der Waals surface area contributed by atoms with Gasteiger partial charge in [-0.1, -0.05) is 28.1 Å². The second-order valence-corrected chi connectivity index (χ2v) is 7.69. The number of carbonyl (C=O) groups is 3. The van der Waals surface area contributed by atoms with Crippen LogP contribution in [0.3, 0.4) is 0 Å². The van der Waals surface area contributed by atoms with Crippen LogP contribution in [0.2, 0.25) is 0 Å². The summed E-state index contributed by atoms with van der Waals surface area (Å²) in [5.41, 5.74) is 3.73. The van der Waals surface area contributed by atoms with Gasteiger partial charge < -0.3 is 20.1 Å². The maximum Gasteiger partial charge on any atom is 0.329 e. The molecule has 0 spiro atoms. The van der Waals surface area contributed by atoms with Crippen molar-refractivity contribution in [2.45, 2.75) is 0 Å². The number of carbonyl (C=O) groups excluding carboxylic acids is 3. The Bertz CT molecular complexity index is 1230. The molecule has 174 valence electrons. The highest BCUT2D eigenvalue weighted by Gasteiger charge is 2.18. The van der Waals surface area contributed by atoms with E-state index in [0.717, 1.165) is 4.47 Å². The quantitative estimate of drug-likeness (QED) is 0.246. The minimum absolute atomic E-state index is 0.182. The van der Waals surface area contributed by atoms with Crippen molar-refractivity contribution in [3.05, 3.63) is 82.3 Å². The van der Waals surface area contributed by atoms with E-state index in [1.807, 2.05) is 0 Å². The zero-order chi connectivity index (χ0) is 24.5. The van der Waals surface area contributed by atoms with E-state index < -0.39 is 17.7 Å². The highest BCUT2D eigenvalue weighted by Crippen LogP contribution is 2.26. The van der Waals surface area contributed by atoms with Gasteiger partial charge in [0.05, 0.1) is 31.7 Å². The van der Waals surface area contributed by atoms with Gasteiger partial charge in [-0.25, -0.2) is 5.43 Å². The van der Waals surface area contributed by atoms with Gasteiger partial charge in [-0.05, 0) is 60.2 Å². The monoisotopic (exact) mass is 524 g/mol. The van der Waals surface area contributed by atoms with Crippen molar-refractivity contribution in [2.75, 3.05) is 24.9 Å². The van der Waals surface area contributed by atoms with Gasteiger partial charge in [-0.15, -0.1) is 0 Å². The molecule has 0 bridgehead atoms. The second-order valence-electron chi connectivity index (χ2n) is 6.77. The maximum atomic E-state index is 12.7. The van der Waals surface area contributed by atoms with E-state index in [9.17, 15) is 14.4 Å². The van der Waals surface area contributed by atoms with Crippen LogP contribution in [0.1, 0.15) is 15.9 Å². The zero-order valence-corrected chi connectivity index (χ0v) is 19.9. The molecule has 0 heterocycles. The highest BCUT2D eigenvalue weighted by molar-refractivity contribution is 9.10. The number of rotatable bonds is 7. The maximum absolute atomic E-state index is 12.7. The SMILES string of the molecule is COc1ccc(/C=N/NC(=O)C(=O)Nc2ccccc2C(=O)Nc2ccc(Br)cc2)cc1OC. The lowest BCUT2D eigenvalue weighted by Crippen LogP contribution is -2.33. The standard InChI is InChI=1S/C24H21BrN4O5/c1-33-20-12-7-15(13-21(20)34-2)14-26-29-24(32)23(31)28-19-6-4-3-5-18(19)22(30)27-17-10-8-16(25)9-11-17/h3-14H,1-2H3,(H,27,30)(H,28,31)(H,29,32)/b26-14+. The number of amides is 3. The van der Waals surface area contributed by atoms with Crippen molar-refractivity contribution in [1.82, 2.24) is 5.43 Å². The third kappa shape index (κ3) is 6.42. The molecule has 34 heavy (non-hydrogen) atoms. The lowest BCUT2D eigenvalue weighted by Gasteiger charge is -2.11. The molecule has 0 saturated heterocycles. The third-order valence-electron chi connectivity index (χ3n) is 4.52. The van der Waals surface area contributed by atoms with Crippen LogP contribution in [-0.4, -0.2) is 38.2 Å². The fraction of sp³-hybridized carbons (Fsp3) is 0.0833. The van der Waals surface area contributed by atoms with Crippen LogP contribution in [0, 0.1) is 0 Å². The number of nitrogens with one attached hydrogen (secondary N) is 3. The molecule has 9 nitrogen and oxygen atoms in total. The molecular formula is C24H21BrN4O5. The zero-order valence-electron chi connectivity index (χ0n) is 18.3. The van der Waals surface area contributed by atoms with E-state index in [4.69, 9.17) is 9.47 Å².